The highest BCUT2D eigenvalue weighted by Gasteiger charge is 2.45. The number of amides is 1. The standard InChI is InChI=1S/C24H22BrN5O2/c1-24(2)11-18-21(19(31)12-24)20(15-5-3-4-6-17(15)25)16(13-26)22(27)30(18)29-23(32)14-7-9-28-10-8-14/h3-10,20H,11-12,27H2,1-2H3,(H,29,32). The molecule has 1 amide bonds. The van der Waals surface area contributed by atoms with E-state index in [9.17, 15) is 14.9 Å². The van der Waals surface area contributed by atoms with Crippen molar-refractivity contribution < 1.29 is 9.59 Å². The van der Waals surface area contributed by atoms with Gasteiger partial charge in [-0.15, -0.1) is 0 Å². The number of hydrogen-bond donors (Lipinski definition) is 2. The molecule has 0 saturated heterocycles. The van der Waals surface area contributed by atoms with Crippen LogP contribution < -0.4 is 11.2 Å². The fraction of sp³-hybridized carbons (Fsp3) is 0.250. The summed E-state index contributed by atoms with van der Waals surface area (Å²) in [6.07, 6.45) is 3.90. The van der Waals surface area contributed by atoms with Crippen molar-refractivity contribution in [2.45, 2.75) is 32.6 Å². The van der Waals surface area contributed by atoms with Gasteiger partial charge in [-0.3, -0.25) is 20.0 Å². The Hall–Kier alpha value is -3.44. The average molecular weight is 492 g/mol. The smallest absolute Gasteiger partial charge is 0.270 e. The lowest BCUT2D eigenvalue weighted by Gasteiger charge is -2.43. The molecule has 2 heterocycles. The zero-order chi connectivity index (χ0) is 23.0. The van der Waals surface area contributed by atoms with Crippen LogP contribution in [0.3, 0.4) is 0 Å². The van der Waals surface area contributed by atoms with Gasteiger partial charge in [-0.2, -0.15) is 5.26 Å². The molecule has 8 heteroatoms. The molecule has 2 aliphatic rings. The Morgan fingerprint density at radius 2 is 1.94 bits per heavy atom. The molecular formula is C24H22BrN5O2. The first-order valence-corrected chi connectivity index (χ1v) is 10.9. The maximum Gasteiger partial charge on any atom is 0.270 e. The summed E-state index contributed by atoms with van der Waals surface area (Å²) in [5.41, 5.74) is 11.5. The summed E-state index contributed by atoms with van der Waals surface area (Å²) >= 11 is 3.56. The van der Waals surface area contributed by atoms with Gasteiger partial charge in [-0.1, -0.05) is 48.0 Å². The number of hydrogen-bond acceptors (Lipinski definition) is 6. The lowest BCUT2D eigenvalue weighted by Crippen LogP contribution is -2.49. The summed E-state index contributed by atoms with van der Waals surface area (Å²) in [4.78, 5) is 30.3. The van der Waals surface area contributed by atoms with E-state index in [-0.39, 0.29) is 22.6 Å². The summed E-state index contributed by atoms with van der Waals surface area (Å²) in [5.74, 6) is -0.960. The van der Waals surface area contributed by atoms with Crippen LogP contribution in [0.4, 0.5) is 0 Å². The van der Waals surface area contributed by atoms with Crippen LogP contribution in [0.5, 0.6) is 0 Å². The van der Waals surface area contributed by atoms with Crippen LogP contribution in [0.25, 0.3) is 0 Å². The fourth-order valence-electron chi connectivity index (χ4n) is 4.33. The summed E-state index contributed by atoms with van der Waals surface area (Å²) in [7, 11) is 0. The van der Waals surface area contributed by atoms with E-state index in [0.717, 1.165) is 10.0 Å². The minimum atomic E-state index is -0.608. The molecule has 4 rings (SSSR count). The molecule has 3 N–H and O–H groups in total. The van der Waals surface area contributed by atoms with Crippen molar-refractivity contribution in [3.63, 3.8) is 0 Å². The molecule has 1 aromatic heterocycles. The van der Waals surface area contributed by atoms with Gasteiger partial charge in [0.15, 0.2) is 5.78 Å². The second-order valence-corrected chi connectivity index (χ2v) is 9.53. The number of ketones is 1. The predicted octanol–water partition coefficient (Wildman–Crippen LogP) is 3.93. The SMILES string of the molecule is CC1(C)CC(=O)C2=C(C1)N(NC(=O)c1ccncc1)C(N)=C(C#N)C2c1ccccc1Br. The van der Waals surface area contributed by atoms with E-state index in [1.165, 1.54) is 17.4 Å². The number of nitriles is 1. The average Bonchev–Trinajstić information content (AvgIpc) is 2.75. The molecule has 0 bridgehead atoms. The van der Waals surface area contributed by atoms with Gasteiger partial charge in [0, 0.05) is 34.4 Å². The Bertz CT molecular complexity index is 1210. The second kappa shape index (κ2) is 8.24. The summed E-state index contributed by atoms with van der Waals surface area (Å²) < 4.78 is 0.782. The monoisotopic (exact) mass is 491 g/mol. The number of benzene rings is 1. The number of carbonyl (C=O) groups excluding carboxylic acids is 2. The van der Waals surface area contributed by atoms with Crippen LogP contribution in [-0.2, 0) is 4.79 Å². The summed E-state index contributed by atoms with van der Waals surface area (Å²) in [6.45, 7) is 4.01. The largest absolute Gasteiger partial charge is 0.383 e. The molecule has 0 spiro atoms. The first kappa shape index (κ1) is 21.8. The number of rotatable bonds is 3. The number of nitrogens with zero attached hydrogens (tertiary/aromatic N) is 3. The van der Waals surface area contributed by atoms with E-state index in [1.54, 1.807) is 12.1 Å². The number of pyridine rings is 1. The normalized spacial score (nSPS) is 20.0. The van der Waals surface area contributed by atoms with E-state index in [1.807, 2.05) is 38.1 Å². The van der Waals surface area contributed by atoms with Gasteiger partial charge in [-0.05, 0) is 35.6 Å². The van der Waals surface area contributed by atoms with Crippen molar-refractivity contribution in [2.75, 3.05) is 0 Å². The summed E-state index contributed by atoms with van der Waals surface area (Å²) in [6, 6.07) is 12.8. The zero-order valence-corrected chi connectivity index (χ0v) is 19.3. The lowest BCUT2D eigenvalue weighted by atomic mass is 9.69. The Morgan fingerprint density at radius 3 is 2.59 bits per heavy atom. The van der Waals surface area contributed by atoms with Gasteiger partial charge >= 0.3 is 0 Å². The first-order valence-electron chi connectivity index (χ1n) is 10.1. The number of aromatic nitrogens is 1. The molecule has 162 valence electrons. The molecule has 1 atom stereocenters. The Kier molecular flexibility index (Phi) is 5.61. The fourth-order valence-corrected chi connectivity index (χ4v) is 4.84. The number of nitrogens with one attached hydrogen (secondary N) is 1. The van der Waals surface area contributed by atoms with Crippen molar-refractivity contribution in [2.24, 2.45) is 11.1 Å². The molecule has 0 radical (unpaired) electrons. The minimum absolute atomic E-state index is 0.0552. The van der Waals surface area contributed by atoms with Crippen LogP contribution in [0.2, 0.25) is 0 Å². The van der Waals surface area contributed by atoms with Crippen LogP contribution in [0.15, 0.2) is 75.9 Å². The zero-order valence-electron chi connectivity index (χ0n) is 17.7. The Morgan fingerprint density at radius 1 is 1.25 bits per heavy atom. The Balaban J connectivity index is 1.89. The highest BCUT2D eigenvalue weighted by atomic mass is 79.9. The van der Waals surface area contributed by atoms with Crippen molar-refractivity contribution in [1.82, 2.24) is 15.4 Å². The molecule has 1 unspecified atom stereocenters. The molecule has 0 saturated carbocycles. The second-order valence-electron chi connectivity index (χ2n) is 8.68. The molecule has 32 heavy (non-hydrogen) atoms. The number of Topliss-reactive ketones (excluding diaryl/α,β-unsaturated/α-hetero) is 1. The molecule has 1 aliphatic carbocycles. The van der Waals surface area contributed by atoms with Gasteiger partial charge in [0.05, 0.1) is 23.3 Å². The van der Waals surface area contributed by atoms with Gasteiger partial charge in [0.2, 0.25) is 0 Å². The van der Waals surface area contributed by atoms with Gasteiger partial charge < -0.3 is 5.73 Å². The number of hydrazine groups is 1. The van der Waals surface area contributed by atoms with E-state index < -0.39 is 11.8 Å². The molecular weight excluding hydrogens is 470 g/mol. The molecule has 0 fully saturated rings. The van der Waals surface area contributed by atoms with Crippen LogP contribution in [-0.4, -0.2) is 21.7 Å². The lowest BCUT2D eigenvalue weighted by molar-refractivity contribution is -0.118. The van der Waals surface area contributed by atoms with E-state index >= 15 is 0 Å². The van der Waals surface area contributed by atoms with Gasteiger partial charge in [0.25, 0.3) is 5.91 Å². The third-order valence-electron chi connectivity index (χ3n) is 5.75. The van der Waals surface area contributed by atoms with Crippen LogP contribution in [0, 0.1) is 16.7 Å². The first-order chi connectivity index (χ1) is 15.2. The topological polar surface area (TPSA) is 112 Å². The number of halogens is 1. The molecule has 1 aliphatic heterocycles. The maximum absolute atomic E-state index is 13.4. The number of carbonyl (C=O) groups is 2. The van der Waals surface area contributed by atoms with Crippen LogP contribution in [0.1, 0.15) is 48.5 Å². The van der Waals surface area contributed by atoms with E-state index in [4.69, 9.17) is 5.73 Å². The highest BCUT2D eigenvalue weighted by Crippen LogP contribution is 2.49. The van der Waals surface area contributed by atoms with Gasteiger partial charge in [0.1, 0.15) is 5.82 Å². The molecule has 1 aromatic carbocycles. The van der Waals surface area contributed by atoms with Crippen LogP contribution >= 0.6 is 15.9 Å². The third kappa shape index (κ3) is 3.80. The third-order valence-corrected chi connectivity index (χ3v) is 6.48. The van der Waals surface area contributed by atoms with Crippen molar-refractivity contribution in [1.29, 1.82) is 5.26 Å². The molecule has 2 aromatic rings. The van der Waals surface area contributed by atoms with Crippen molar-refractivity contribution in [3.05, 3.63) is 87.1 Å². The Labute approximate surface area is 194 Å². The van der Waals surface area contributed by atoms with Gasteiger partial charge in [-0.25, -0.2) is 5.01 Å². The quantitative estimate of drug-likeness (QED) is 0.672. The van der Waals surface area contributed by atoms with Crippen molar-refractivity contribution in [3.8, 4) is 6.07 Å². The predicted molar refractivity (Wildman–Crippen MR) is 122 cm³/mol. The number of nitrogens with two attached hydrogens (primary N) is 1. The summed E-state index contributed by atoms with van der Waals surface area (Å²) in [5, 5.41) is 11.5. The van der Waals surface area contributed by atoms with E-state index in [2.05, 4.69) is 32.4 Å². The number of allylic oxidation sites excluding steroid dienone is 3. The van der Waals surface area contributed by atoms with E-state index in [0.29, 0.717) is 29.7 Å². The van der Waals surface area contributed by atoms with Crippen molar-refractivity contribution >= 4 is 27.6 Å². The minimum Gasteiger partial charge on any atom is -0.383 e. The highest BCUT2D eigenvalue weighted by molar-refractivity contribution is 9.10. The molecule has 7 nitrogen and oxygen atoms in total. The maximum atomic E-state index is 13.4.